The summed E-state index contributed by atoms with van der Waals surface area (Å²) in [5.74, 6) is -0.375. The van der Waals surface area contributed by atoms with Crippen LogP contribution >= 0.6 is 0 Å². The number of ether oxygens (including phenoxy) is 1. The molecule has 1 unspecified atom stereocenters. The lowest BCUT2D eigenvalue weighted by Gasteiger charge is -2.14. The average Bonchev–Trinajstić information content (AvgIpc) is 2.45. The molecule has 6 nitrogen and oxygen atoms in total. The van der Waals surface area contributed by atoms with Crippen LogP contribution in [0.25, 0.3) is 0 Å². The van der Waals surface area contributed by atoms with Crippen LogP contribution in [0.3, 0.4) is 0 Å². The Morgan fingerprint density at radius 1 is 1.56 bits per heavy atom. The van der Waals surface area contributed by atoms with Crippen LogP contribution in [0.1, 0.15) is 19.3 Å². The van der Waals surface area contributed by atoms with Gasteiger partial charge in [-0.05, 0) is 19.3 Å². The largest absolute Gasteiger partial charge is 0.370 e. The lowest BCUT2D eigenvalue weighted by molar-refractivity contribution is -0.131. The zero-order valence-electron chi connectivity index (χ0n) is 9.33. The minimum absolute atomic E-state index is 0.0407. The zero-order valence-corrected chi connectivity index (χ0v) is 9.33. The molecule has 0 saturated carbocycles. The minimum atomic E-state index is -0.420. The standard InChI is InChI=1S/C10H19N3O3/c11-4-6-16-7-9(14)13-8-3-1-2-5-12-10(8)15/h8H,1-7,11H2,(H,12,15)(H,13,14). The van der Waals surface area contributed by atoms with Gasteiger partial charge in [0.2, 0.25) is 11.8 Å². The fourth-order valence-electron chi connectivity index (χ4n) is 1.56. The van der Waals surface area contributed by atoms with Gasteiger partial charge in [-0.3, -0.25) is 9.59 Å². The van der Waals surface area contributed by atoms with Crippen LogP contribution in [-0.2, 0) is 14.3 Å². The number of nitrogens with two attached hydrogens (primary N) is 1. The van der Waals surface area contributed by atoms with E-state index in [1.165, 1.54) is 0 Å². The van der Waals surface area contributed by atoms with Crippen molar-refractivity contribution in [3.63, 3.8) is 0 Å². The molecule has 0 bridgehead atoms. The van der Waals surface area contributed by atoms with Gasteiger partial charge in [-0.15, -0.1) is 0 Å². The molecule has 6 heteroatoms. The highest BCUT2D eigenvalue weighted by Crippen LogP contribution is 2.04. The first-order valence-corrected chi connectivity index (χ1v) is 5.59. The van der Waals surface area contributed by atoms with E-state index in [-0.39, 0.29) is 18.4 Å². The first-order valence-electron chi connectivity index (χ1n) is 5.59. The van der Waals surface area contributed by atoms with E-state index in [9.17, 15) is 9.59 Å². The molecule has 1 saturated heterocycles. The fourth-order valence-corrected chi connectivity index (χ4v) is 1.56. The fraction of sp³-hybridized carbons (Fsp3) is 0.800. The molecule has 1 aliphatic rings. The molecule has 4 N–H and O–H groups in total. The van der Waals surface area contributed by atoms with Gasteiger partial charge in [0.25, 0.3) is 0 Å². The van der Waals surface area contributed by atoms with Gasteiger partial charge in [-0.25, -0.2) is 0 Å². The summed E-state index contributed by atoms with van der Waals surface area (Å²) in [4.78, 5) is 22.9. The minimum Gasteiger partial charge on any atom is -0.370 e. The highest BCUT2D eigenvalue weighted by molar-refractivity contribution is 5.88. The highest BCUT2D eigenvalue weighted by atomic mass is 16.5. The lowest BCUT2D eigenvalue weighted by Crippen LogP contribution is -2.46. The molecular weight excluding hydrogens is 210 g/mol. The molecule has 0 aromatic carbocycles. The van der Waals surface area contributed by atoms with E-state index >= 15 is 0 Å². The number of hydrogen-bond acceptors (Lipinski definition) is 4. The van der Waals surface area contributed by atoms with Crippen molar-refractivity contribution >= 4 is 11.8 Å². The van der Waals surface area contributed by atoms with Crippen molar-refractivity contribution in [1.82, 2.24) is 10.6 Å². The molecule has 1 atom stereocenters. The van der Waals surface area contributed by atoms with Crippen molar-refractivity contribution in [2.45, 2.75) is 25.3 Å². The maximum Gasteiger partial charge on any atom is 0.246 e. The van der Waals surface area contributed by atoms with E-state index in [1.54, 1.807) is 0 Å². The van der Waals surface area contributed by atoms with E-state index in [1.807, 2.05) is 0 Å². The summed E-state index contributed by atoms with van der Waals surface area (Å²) in [5, 5.41) is 5.40. The predicted molar refractivity (Wildman–Crippen MR) is 58.7 cm³/mol. The van der Waals surface area contributed by atoms with E-state index in [0.717, 1.165) is 12.8 Å². The average molecular weight is 229 g/mol. The van der Waals surface area contributed by atoms with Crippen molar-refractivity contribution in [2.24, 2.45) is 5.73 Å². The Kier molecular flexibility index (Phi) is 5.81. The maximum atomic E-state index is 11.5. The number of nitrogens with one attached hydrogen (secondary N) is 2. The van der Waals surface area contributed by atoms with Gasteiger partial charge in [0, 0.05) is 13.1 Å². The molecule has 92 valence electrons. The number of carbonyl (C=O) groups excluding carboxylic acids is 2. The van der Waals surface area contributed by atoms with Crippen molar-refractivity contribution < 1.29 is 14.3 Å². The van der Waals surface area contributed by atoms with Crippen molar-refractivity contribution in [2.75, 3.05) is 26.3 Å². The lowest BCUT2D eigenvalue weighted by atomic mass is 10.1. The van der Waals surface area contributed by atoms with Crippen LogP contribution < -0.4 is 16.4 Å². The van der Waals surface area contributed by atoms with Crippen LogP contribution in [0, 0.1) is 0 Å². The summed E-state index contributed by atoms with van der Waals surface area (Å²) < 4.78 is 4.98. The van der Waals surface area contributed by atoms with Gasteiger partial charge in [0.1, 0.15) is 12.6 Å². The summed E-state index contributed by atoms with van der Waals surface area (Å²) in [6.45, 7) is 1.39. The van der Waals surface area contributed by atoms with Gasteiger partial charge < -0.3 is 21.1 Å². The molecule has 0 aliphatic carbocycles. The molecule has 0 aromatic rings. The summed E-state index contributed by atoms with van der Waals surface area (Å²) in [7, 11) is 0. The van der Waals surface area contributed by atoms with Crippen molar-refractivity contribution in [1.29, 1.82) is 0 Å². The van der Waals surface area contributed by atoms with Gasteiger partial charge >= 0.3 is 0 Å². The van der Waals surface area contributed by atoms with Crippen LogP contribution in [0.4, 0.5) is 0 Å². The smallest absolute Gasteiger partial charge is 0.246 e. The second-order valence-corrected chi connectivity index (χ2v) is 3.75. The summed E-state index contributed by atoms with van der Waals surface area (Å²) in [6, 6.07) is -0.420. The summed E-state index contributed by atoms with van der Waals surface area (Å²) >= 11 is 0. The number of hydrogen-bond donors (Lipinski definition) is 3. The van der Waals surface area contributed by atoms with E-state index in [2.05, 4.69) is 10.6 Å². The van der Waals surface area contributed by atoms with E-state index < -0.39 is 6.04 Å². The Labute approximate surface area is 94.9 Å². The van der Waals surface area contributed by atoms with Crippen molar-refractivity contribution in [3.8, 4) is 0 Å². The van der Waals surface area contributed by atoms with Gasteiger partial charge in [0.05, 0.1) is 6.61 Å². The topological polar surface area (TPSA) is 93.4 Å². The third kappa shape index (κ3) is 4.59. The first kappa shape index (κ1) is 12.9. The molecule has 1 aliphatic heterocycles. The van der Waals surface area contributed by atoms with E-state index in [0.29, 0.717) is 26.1 Å². The van der Waals surface area contributed by atoms with Crippen LogP contribution in [0.15, 0.2) is 0 Å². The molecule has 1 rings (SSSR count). The monoisotopic (exact) mass is 229 g/mol. The second-order valence-electron chi connectivity index (χ2n) is 3.75. The van der Waals surface area contributed by atoms with Crippen molar-refractivity contribution in [3.05, 3.63) is 0 Å². The molecule has 0 spiro atoms. The van der Waals surface area contributed by atoms with Gasteiger partial charge in [0.15, 0.2) is 0 Å². The molecule has 0 radical (unpaired) electrons. The molecular formula is C10H19N3O3. The van der Waals surface area contributed by atoms with E-state index in [4.69, 9.17) is 10.5 Å². The zero-order chi connectivity index (χ0) is 11.8. The molecule has 0 aromatic heterocycles. The third-order valence-electron chi connectivity index (χ3n) is 2.37. The molecule has 1 fully saturated rings. The third-order valence-corrected chi connectivity index (χ3v) is 2.37. The molecule has 2 amide bonds. The van der Waals surface area contributed by atoms with Crippen LogP contribution in [0.5, 0.6) is 0 Å². The Hall–Kier alpha value is -1.14. The number of rotatable bonds is 5. The quantitative estimate of drug-likeness (QED) is 0.513. The SMILES string of the molecule is NCCOCC(=O)NC1CCCCNC1=O. The molecule has 1 heterocycles. The van der Waals surface area contributed by atoms with Gasteiger partial charge in [-0.1, -0.05) is 0 Å². The Balaban J connectivity index is 2.27. The number of carbonyl (C=O) groups is 2. The Bertz CT molecular complexity index is 245. The van der Waals surface area contributed by atoms with Crippen LogP contribution in [0.2, 0.25) is 0 Å². The second kappa shape index (κ2) is 7.19. The maximum absolute atomic E-state index is 11.5. The van der Waals surface area contributed by atoms with Crippen LogP contribution in [-0.4, -0.2) is 44.2 Å². The summed E-state index contributed by atoms with van der Waals surface area (Å²) in [6.07, 6.45) is 2.59. The van der Waals surface area contributed by atoms with Gasteiger partial charge in [-0.2, -0.15) is 0 Å². The summed E-state index contributed by atoms with van der Waals surface area (Å²) in [5.41, 5.74) is 5.22. The normalized spacial score (nSPS) is 21.1. The Morgan fingerprint density at radius 2 is 2.38 bits per heavy atom. The Morgan fingerprint density at radius 3 is 3.12 bits per heavy atom. The predicted octanol–water partition coefficient (Wildman–Crippen LogP) is -1.25. The highest BCUT2D eigenvalue weighted by Gasteiger charge is 2.21. The first-order chi connectivity index (χ1) is 7.74. The number of amides is 2. The molecule has 16 heavy (non-hydrogen) atoms.